The summed E-state index contributed by atoms with van der Waals surface area (Å²) in [5.41, 5.74) is 0.574. The Bertz CT molecular complexity index is 900. The summed E-state index contributed by atoms with van der Waals surface area (Å²) in [6.07, 6.45) is 2.37. The molecule has 27 heavy (non-hydrogen) atoms. The number of hydrogen-bond donors (Lipinski definition) is 1. The van der Waals surface area contributed by atoms with Crippen molar-refractivity contribution in [3.63, 3.8) is 0 Å². The zero-order valence-electron chi connectivity index (χ0n) is 15.4. The fourth-order valence-electron chi connectivity index (χ4n) is 3.05. The van der Waals surface area contributed by atoms with Crippen molar-refractivity contribution < 1.29 is 13.2 Å². The molecule has 1 N–H and O–H groups in total. The summed E-state index contributed by atoms with van der Waals surface area (Å²) >= 11 is 3.23. The molecule has 0 saturated carbocycles. The zero-order chi connectivity index (χ0) is 19.4. The molecule has 1 heterocycles. The molecule has 5 nitrogen and oxygen atoms in total. The summed E-state index contributed by atoms with van der Waals surface area (Å²) in [5.74, 6) is 0.845. The molecular formula is C19H23AsBrN2O3S. The van der Waals surface area contributed by atoms with Gasteiger partial charge in [-0.2, -0.15) is 0 Å². The van der Waals surface area contributed by atoms with Crippen LogP contribution in [-0.4, -0.2) is 56.3 Å². The van der Waals surface area contributed by atoms with E-state index in [-0.39, 0.29) is 20.6 Å². The van der Waals surface area contributed by atoms with Crippen molar-refractivity contribution in [3.05, 3.63) is 46.9 Å². The van der Waals surface area contributed by atoms with E-state index in [1.54, 1.807) is 37.4 Å². The third kappa shape index (κ3) is 5.28. The molecule has 0 unspecified atom stereocenters. The van der Waals surface area contributed by atoms with E-state index in [1.165, 1.54) is 12.8 Å². The van der Waals surface area contributed by atoms with Gasteiger partial charge >= 0.3 is 177 Å². The Hall–Kier alpha value is -1.01. The normalized spacial score (nSPS) is 16.7. The number of benzene rings is 2. The Balaban J connectivity index is 1.81. The maximum absolute atomic E-state index is 12.7. The van der Waals surface area contributed by atoms with Crippen LogP contribution in [0.3, 0.4) is 0 Å². The molecule has 3 rings (SSSR count). The van der Waals surface area contributed by atoms with E-state index in [0.717, 1.165) is 23.2 Å². The standard InChI is InChI=1S/C19H23AsBrN2O3S/c1-23-11-9-14(10-12-23)20-16-13-15(7-8-18(16)26-2)22-27(24,25)19-6-4-3-5-17(19)21/h3-8,13-14,22H,9-12H2,1-2H3. The van der Waals surface area contributed by atoms with Crippen molar-refractivity contribution in [3.8, 4) is 5.75 Å². The first kappa shape index (κ1) is 20.7. The summed E-state index contributed by atoms with van der Waals surface area (Å²) in [4.78, 5) is 2.59. The predicted octanol–water partition coefficient (Wildman–Crippen LogP) is 3.10. The monoisotopic (exact) mass is 513 g/mol. The van der Waals surface area contributed by atoms with Crippen LogP contribution in [0.1, 0.15) is 12.8 Å². The number of likely N-dealkylation sites (tertiary alicyclic amines) is 1. The number of hydrogen-bond acceptors (Lipinski definition) is 4. The molecule has 1 aliphatic rings. The van der Waals surface area contributed by atoms with E-state index < -0.39 is 10.0 Å². The second-order valence-electron chi connectivity index (χ2n) is 6.59. The Morgan fingerprint density at radius 3 is 2.56 bits per heavy atom. The van der Waals surface area contributed by atoms with Crippen LogP contribution < -0.4 is 13.8 Å². The van der Waals surface area contributed by atoms with E-state index in [1.807, 2.05) is 12.1 Å². The summed E-state index contributed by atoms with van der Waals surface area (Å²) in [6, 6.07) is 12.4. The third-order valence-electron chi connectivity index (χ3n) is 4.57. The van der Waals surface area contributed by atoms with E-state index in [9.17, 15) is 8.42 Å². The number of piperidine rings is 1. The van der Waals surface area contributed by atoms with Crippen molar-refractivity contribution in [2.45, 2.75) is 22.4 Å². The molecule has 0 bridgehead atoms. The van der Waals surface area contributed by atoms with Crippen LogP contribution in [0.15, 0.2) is 51.8 Å². The first-order valence-corrected chi connectivity index (χ1v) is 13.0. The van der Waals surface area contributed by atoms with Gasteiger partial charge in [-0.15, -0.1) is 0 Å². The summed E-state index contributed by atoms with van der Waals surface area (Å²) < 4.78 is 36.1. The van der Waals surface area contributed by atoms with Crippen molar-refractivity contribution in [1.82, 2.24) is 4.90 Å². The maximum atomic E-state index is 12.7. The molecule has 0 atom stereocenters. The number of nitrogens with zero attached hydrogens (tertiary/aromatic N) is 1. The van der Waals surface area contributed by atoms with Gasteiger partial charge in [-0.3, -0.25) is 0 Å². The SMILES string of the molecule is COc1ccc(NS(=O)(=O)c2ccccc2Br)cc1[As]C1CCN(C)CC1. The fraction of sp³-hybridized carbons (Fsp3) is 0.368. The summed E-state index contributed by atoms with van der Waals surface area (Å²) in [7, 11) is 0.169. The Morgan fingerprint density at radius 2 is 1.89 bits per heavy atom. The molecule has 2 aromatic rings. The third-order valence-corrected chi connectivity index (χ3v) is 10.1. The van der Waals surface area contributed by atoms with Gasteiger partial charge in [0.05, 0.1) is 0 Å². The molecule has 1 aliphatic heterocycles. The summed E-state index contributed by atoms with van der Waals surface area (Å²) in [6.45, 7) is 2.24. The van der Waals surface area contributed by atoms with E-state index in [0.29, 0.717) is 14.9 Å². The van der Waals surface area contributed by atoms with Crippen molar-refractivity contribution in [2.24, 2.45) is 0 Å². The number of methoxy groups -OCH3 is 1. The first-order valence-electron chi connectivity index (χ1n) is 8.74. The Labute approximate surface area is 176 Å². The van der Waals surface area contributed by atoms with Crippen molar-refractivity contribution in [1.29, 1.82) is 0 Å². The van der Waals surface area contributed by atoms with Crippen LogP contribution in [0, 0.1) is 0 Å². The second kappa shape index (κ2) is 8.99. The molecule has 1 radical (unpaired) electrons. The Kier molecular flexibility index (Phi) is 6.90. The predicted molar refractivity (Wildman–Crippen MR) is 114 cm³/mol. The average molecular weight is 514 g/mol. The number of rotatable bonds is 6. The molecule has 0 spiro atoms. The van der Waals surface area contributed by atoms with Crippen LogP contribution >= 0.6 is 15.9 Å². The van der Waals surface area contributed by atoms with Crippen LogP contribution in [0.25, 0.3) is 0 Å². The number of nitrogens with one attached hydrogen (secondary N) is 1. The molecule has 2 aromatic carbocycles. The second-order valence-corrected chi connectivity index (χ2v) is 12.2. The number of ether oxygens (including phenoxy) is 1. The molecule has 145 valence electrons. The Morgan fingerprint density at radius 1 is 1.19 bits per heavy atom. The minimum atomic E-state index is -3.65. The summed E-state index contributed by atoms with van der Waals surface area (Å²) in [5, 5.41) is 0. The fourth-order valence-corrected chi connectivity index (χ4v) is 8.02. The van der Waals surface area contributed by atoms with Crippen molar-refractivity contribution >= 4 is 51.7 Å². The zero-order valence-corrected chi connectivity index (χ0v) is 19.6. The van der Waals surface area contributed by atoms with Gasteiger partial charge in [0.2, 0.25) is 0 Å². The van der Waals surface area contributed by atoms with Gasteiger partial charge in [-0.25, -0.2) is 0 Å². The van der Waals surface area contributed by atoms with E-state index in [4.69, 9.17) is 4.74 Å². The molecule has 0 aromatic heterocycles. The van der Waals surface area contributed by atoms with Gasteiger partial charge in [0, 0.05) is 0 Å². The minimum absolute atomic E-state index is 0.0890. The molecule has 8 heteroatoms. The molecule has 1 saturated heterocycles. The molecule has 1 fully saturated rings. The van der Waals surface area contributed by atoms with Gasteiger partial charge in [-0.05, 0) is 0 Å². The van der Waals surface area contributed by atoms with Gasteiger partial charge in [0.15, 0.2) is 0 Å². The topological polar surface area (TPSA) is 58.6 Å². The van der Waals surface area contributed by atoms with Crippen LogP contribution in [0.4, 0.5) is 5.69 Å². The van der Waals surface area contributed by atoms with Gasteiger partial charge in [0.1, 0.15) is 0 Å². The van der Waals surface area contributed by atoms with Crippen LogP contribution in [0.2, 0.25) is 4.71 Å². The number of anilines is 1. The van der Waals surface area contributed by atoms with E-state index >= 15 is 0 Å². The first-order chi connectivity index (χ1) is 12.9. The number of sulfonamides is 1. The van der Waals surface area contributed by atoms with E-state index in [2.05, 4.69) is 32.6 Å². The van der Waals surface area contributed by atoms with Gasteiger partial charge in [0.25, 0.3) is 0 Å². The van der Waals surface area contributed by atoms with Gasteiger partial charge in [-0.1, -0.05) is 0 Å². The van der Waals surface area contributed by atoms with Crippen LogP contribution in [-0.2, 0) is 10.0 Å². The average Bonchev–Trinajstić information content (AvgIpc) is 2.64. The number of halogens is 1. The molecule has 0 amide bonds. The van der Waals surface area contributed by atoms with Crippen molar-refractivity contribution in [2.75, 3.05) is 32.0 Å². The van der Waals surface area contributed by atoms with Gasteiger partial charge < -0.3 is 0 Å². The molecular weight excluding hydrogens is 491 g/mol. The quantitative estimate of drug-likeness (QED) is 0.603. The van der Waals surface area contributed by atoms with Crippen LogP contribution in [0.5, 0.6) is 5.75 Å². The molecule has 0 aliphatic carbocycles.